The van der Waals surface area contributed by atoms with Gasteiger partial charge in [0.25, 0.3) is 3.91 Å². The van der Waals surface area contributed by atoms with Crippen molar-refractivity contribution in [3.63, 3.8) is 0 Å². The second-order valence-corrected chi connectivity index (χ2v) is 5.42. The van der Waals surface area contributed by atoms with E-state index in [-0.39, 0.29) is 15.9 Å². The fraction of sp³-hybridized carbons (Fsp3) is 0.500. The number of aryl methyl sites for hydroxylation is 1. The van der Waals surface area contributed by atoms with Crippen molar-refractivity contribution in [2.24, 2.45) is 0 Å². The van der Waals surface area contributed by atoms with Crippen molar-refractivity contribution >= 4 is 32.3 Å². The molecule has 0 spiro atoms. The highest BCUT2D eigenvalue weighted by atomic mass is 127. The number of anilines is 1. The van der Waals surface area contributed by atoms with Gasteiger partial charge in [0.15, 0.2) is 5.43 Å². The number of hydrogen-bond donors (Lipinski definition) is 2. The highest BCUT2D eigenvalue weighted by Crippen LogP contribution is 2.17. The average Bonchev–Trinajstić information content (AvgIpc) is 2.80. The minimum absolute atomic E-state index is 0.0155. The molecule has 0 radical (unpaired) electrons. The van der Waals surface area contributed by atoms with Gasteiger partial charge in [-0.1, -0.05) is 0 Å². The maximum atomic E-state index is 12.0. The molecular formula is C12H16IN3O2. The monoisotopic (exact) mass is 361 g/mol. The Balaban J connectivity index is 2.23. The molecule has 2 rings (SSSR count). The van der Waals surface area contributed by atoms with Crippen molar-refractivity contribution in [2.45, 2.75) is 26.3 Å². The van der Waals surface area contributed by atoms with Crippen LogP contribution in [-0.4, -0.2) is 22.0 Å². The molecule has 1 aliphatic heterocycles. The Kier molecular flexibility index (Phi) is 4.26. The van der Waals surface area contributed by atoms with Crippen LogP contribution in [0.4, 0.5) is 10.6 Å². The Hall–Kier alpha value is -1.05. The lowest BCUT2D eigenvalue weighted by Gasteiger charge is -2.18. The van der Waals surface area contributed by atoms with Crippen molar-refractivity contribution in [1.29, 1.82) is 0 Å². The van der Waals surface area contributed by atoms with Crippen LogP contribution in [0.25, 0.3) is 0 Å². The van der Waals surface area contributed by atoms with E-state index in [2.05, 4.69) is 15.2 Å². The zero-order chi connectivity index (χ0) is 13.1. The molecule has 1 amide bonds. The summed E-state index contributed by atoms with van der Waals surface area (Å²) in [6.07, 6.45) is 2.35. The van der Waals surface area contributed by atoms with Gasteiger partial charge in [0, 0.05) is 59.5 Å². The Labute approximate surface area is 119 Å². The van der Waals surface area contributed by atoms with Crippen LogP contribution in [0.5, 0.6) is 0 Å². The predicted octanol–water partition coefficient (Wildman–Crippen LogP) is 1.93. The SMILES string of the molecule is Cc1[nH]c(N2CCCC2)cc(=O)c1CNC(=O)I. The minimum Gasteiger partial charge on any atom is -0.358 e. The van der Waals surface area contributed by atoms with Gasteiger partial charge in [-0.05, 0) is 19.8 Å². The first-order valence-electron chi connectivity index (χ1n) is 5.99. The lowest BCUT2D eigenvalue weighted by atomic mass is 10.2. The molecule has 1 aromatic heterocycles. The molecule has 0 atom stereocenters. The fourth-order valence-corrected chi connectivity index (χ4v) is 2.40. The number of nitrogens with one attached hydrogen (secondary N) is 2. The van der Waals surface area contributed by atoms with Crippen LogP contribution < -0.4 is 15.6 Å². The van der Waals surface area contributed by atoms with Gasteiger partial charge in [0.2, 0.25) is 0 Å². The van der Waals surface area contributed by atoms with Crippen LogP contribution in [0.2, 0.25) is 0 Å². The number of aromatic amines is 1. The van der Waals surface area contributed by atoms with Gasteiger partial charge >= 0.3 is 0 Å². The summed E-state index contributed by atoms with van der Waals surface area (Å²) in [6, 6.07) is 1.63. The van der Waals surface area contributed by atoms with Crippen molar-refractivity contribution in [3.05, 3.63) is 27.5 Å². The Bertz CT molecular complexity index is 507. The lowest BCUT2D eigenvalue weighted by molar-refractivity contribution is 0.262. The number of H-pyrrole nitrogens is 1. The molecule has 98 valence electrons. The summed E-state index contributed by atoms with van der Waals surface area (Å²) in [5.74, 6) is 0.888. The van der Waals surface area contributed by atoms with Crippen molar-refractivity contribution in [1.82, 2.24) is 10.3 Å². The van der Waals surface area contributed by atoms with E-state index < -0.39 is 0 Å². The molecule has 0 saturated carbocycles. The van der Waals surface area contributed by atoms with Gasteiger partial charge in [0.05, 0.1) is 0 Å². The second-order valence-electron chi connectivity index (χ2n) is 4.44. The van der Waals surface area contributed by atoms with E-state index in [0.29, 0.717) is 5.56 Å². The number of nitrogens with zero attached hydrogens (tertiary/aromatic N) is 1. The smallest absolute Gasteiger partial charge is 0.280 e. The van der Waals surface area contributed by atoms with E-state index >= 15 is 0 Å². The Morgan fingerprint density at radius 1 is 1.50 bits per heavy atom. The maximum Gasteiger partial charge on any atom is 0.280 e. The van der Waals surface area contributed by atoms with E-state index in [0.717, 1.165) is 24.6 Å². The van der Waals surface area contributed by atoms with Gasteiger partial charge in [-0.3, -0.25) is 9.59 Å². The largest absolute Gasteiger partial charge is 0.358 e. The van der Waals surface area contributed by atoms with Gasteiger partial charge < -0.3 is 15.2 Å². The van der Waals surface area contributed by atoms with Crippen LogP contribution in [0.1, 0.15) is 24.1 Å². The van der Waals surface area contributed by atoms with E-state index in [1.165, 1.54) is 12.8 Å². The highest BCUT2D eigenvalue weighted by Gasteiger charge is 2.15. The molecule has 6 heteroatoms. The molecule has 2 N–H and O–H groups in total. The van der Waals surface area contributed by atoms with Crippen LogP contribution in [-0.2, 0) is 6.54 Å². The Morgan fingerprint density at radius 2 is 2.17 bits per heavy atom. The topological polar surface area (TPSA) is 65.2 Å². The molecule has 0 aromatic carbocycles. The number of amides is 1. The average molecular weight is 361 g/mol. The number of carbonyl (C=O) groups is 1. The first-order valence-corrected chi connectivity index (χ1v) is 7.07. The van der Waals surface area contributed by atoms with Crippen LogP contribution >= 0.6 is 22.6 Å². The predicted molar refractivity (Wildman–Crippen MR) is 79.5 cm³/mol. The third-order valence-corrected chi connectivity index (χ3v) is 3.57. The third-order valence-electron chi connectivity index (χ3n) is 3.18. The van der Waals surface area contributed by atoms with Gasteiger partial charge in [-0.2, -0.15) is 0 Å². The summed E-state index contributed by atoms with van der Waals surface area (Å²) in [5, 5.41) is 2.65. The highest BCUT2D eigenvalue weighted by molar-refractivity contribution is 14.1. The molecule has 0 aliphatic carbocycles. The number of rotatable bonds is 3. The van der Waals surface area contributed by atoms with Crippen molar-refractivity contribution in [3.8, 4) is 0 Å². The fourth-order valence-electron chi connectivity index (χ4n) is 2.21. The quantitative estimate of drug-likeness (QED) is 0.491. The maximum absolute atomic E-state index is 12.0. The van der Waals surface area contributed by atoms with Crippen LogP contribution in [0.15, 0.2) is 10.9 Å². The molecule has 1 aromatic rings. The van der Waals surface area contributed by atoms with Gasteiger partial charge in [-0.25, -0.2) is 0 Å². The third kappa shape index (κ3) is 3.04. The first-order chi connectivity index (χ1) is 8.58. The summed E-state index contributed by atoms with van der Waals surface area (Å²) >= 11 is 1.66. The van der Waals surface area contributed by atoms with E-state index in [1.807, 2.05) is 6.92 Å². The number of halogens is 1. The molecule has 0 unspecified atom stereocenters. The molecule has 5 nitrogen and oxygen atoms in total. The minimum atomic E-state index is -0.157. The molecule has 1 fully saturated rings. The summed E-state index contributed by atoms with van der Waals surface area (Å²) in [4.78, 5) is 28.3. The summed E-state index contributed by atoms with van der Waals surface area (Å²) in [7, 11) is 0. The molecule has 0 bridgehead atoms. The Morgan fingerprint density at radius 3 is 2.72 bits per heavy atom. The summed E-state index contributed by atoms with van der Waals surface area (Å²) in [6.45, 7) is 4.15. The van der Waals surface area contributed by atoms with Gasteiger partial charge in [0.1, 0.15) is 5.82 Å². The number of aromatic nitrogens is 1. The lowest BCUT2D eigenvalue weighted by Crippen LogP contribution is -2.26. The normalized spacial score (nSPS) is 14.9. The van der Waals surface area contributed by atoms with Crippen LogP contribution in [0, 0.1) is 6.92 Å². The second kappa shape index (κ2) is 5.73. The zero-order valence-electron chi connectivity index (χ0n) is 10.3. The molecular weight excluding hydrogens is 345 g/mol. The van der Waals surface area contributed by atoms with E-state index in [1.54, 1.807) is 28.7 Å². The summed E-state index contributed by atoms with van der Waals surface area (Å²) in [5.41, 5.74) is 1.44. The number of pyridine rings is 1. The van der Waals surface area contributed by atoms with Crippen molar-refractivity contribution in [2.75, 3.05) is 18.0 Å². The standard InChI is InChI=1S/C12H16IN3O2/c1-8-9(7-14-12(13)18)10(17)6-11(15-8)16-4-2-3-5-16/h6H,2-5,7H2,1H3,(H,14,18)(H,15,17). The van der Waals surface area contributed by atoms with E-state index in [4.69, 9.17) is 0 Å². The molecule has 1 saturated heterocycles. The van der Waals surface area contributed by atoms with Crippen molar-refractivity contribution < 1.29 is 4.79 Å². The zero-order valence-corrected chi connectivity index (χ0v) is 12.4. The molecule has 1 aliphatic rings. The van der Waals surface area contributed by atoms with E-state index in [9.17, 15) is 9.59 Å². The van der Waals surface area contributed by atoms with Gasteiger partial charge in [-0.15, -0.1) is 0 Å². The number of hydrogen-bond acceptors (Lipinski definition) is 3. The number of carbonyl (C=O) groups excluding carboxylic acids is 1. The molecule has 2 heterocycles. The summed E-state index contributed by atoms with van der Waals surface area (Å²) < 4.78 is -0.157. The van der Waals surface area contributed by atoms with Crippen LogP contribution in [0.3, 0.4) is 0 Å². The molecule has 18 heavy (non-hydrogen) atoms. The first kappa shape index (κ1) is 13.4.